The van der Waals surface area contributed by atoms with Gasteiger partial charge in [0, 0.05) is 19.4 Å². The summed E-state index contributed by atoms with van der Waals surface area (Å²) in [6, 6.07) is 0. The van der Waals surface area contributed by atoms with Crippen LogP contribution in [0.3, 0.4) is 0 Å². The van der Waals surface area contributed by atoms with Crippen LogP contribution in [0.2, 0.25) is 0 Å². The van der Waals surface area contributed by atoms with Crippen LogP contribution in [0.25, 0.3) is 0 Å². The van der Waals surface area contributed by atoms with Gasteiger partial charge in [-0.2, -0.15) is 0 Å². The molecule has 1 atom stereocenters. The summed E-state index contributed by atoms with van der Waals surface area (Å²) in [7, 11) is 0. The first-order chi connectivity index (χ1) is 28.6. The zero-order valence-electron chi connectivity index (χ0n) is 39.6. The van der Waals surface area contributed by atoms with Crippen molar-refractivity contribution < 1.29 is 23.8 Å². The van der Waals surface area contributed by atoms with E-state index < -0.39 is 6.10 Å². The molecule has 0 amide bonds. The highest BCUT2D eigenvalue weighted by Crippen LogP contribution is 2.16. The standard InChI is InChI=1S/C53H102O5/c1-4-7-10-13-16-19-22-25-26-27-30-33-36-39-42-45-48-56-49-51(58-53(55)47-44-41-38-35-32-29-24-21-18-15-12-9-6-3)50-57-52(54)46-43-40-37-34-31-28-23-20-17-14-11-8-5-2/h20,23,51H,4-19,21-22,24-50H2,1-3H3/b23-20-. The topological polar surface area (TPSA) is 61.8 Å². The number of carbonyl (C=O) groups excluding carboxylic acids is 2. The fourth-order valence-electron chi connectivity index (χ4n) is 7.86. The van der Waals surface area contributed by atoms with Gasteiger partial charge >= 0.3 is 11.9 Å². The van der Waals surface area contributed by atoms with Crippen molar-refractivity contribution >= 4 is 11.9 Å². The summed E-state index contributed by atoms with van der Waals surface area (Å²) >= 11 is 0. The Labute approximate surface area is 363 Å². The number of esters is 2. The highest BCUT2D eigenvalue weighted by molar-refractivity contribution is 5.70. The molecule has 5 nitrogen and oxygen atoms in total. The molecule has 1 unspecified atom stereocenters. The van der Waals surface area contributed by atoms with E-state index in [9.17, 15) is 9.59 Å². The second-order valence-corrected chi connectivity index (χ2v) is 17.8. The average Bonchev–Trinajstić information content (AvgIpc) is 3.22. The second kappa shape index (κ2) is 50.0. The van der Waals surface area contributed by atoms with Gasteiger partial charge in [0.15, 0.2) is 6.10 Å². The summed E-state index contributed by atoms with van der Waals surface area (Å²) in [5, 5.41) is 0. The molecule has 0 radical (unpaired) electrons. The van der Waals surface area contributed by atoms with Crippen LogP contribution in [0.15, 0.2) is 12.2 Å². The van der Waals surface area contributed by atoms with Gasteiger partial charge < -0.3 is 14.2 Å². The third-order valence-electron chi connectivity index (χ3n) is 11.8. The van der Waals surface area contributed by atoms with Crippen LogP contribution in [-0.4, -0.2) is 37.9 Å². The average molecular weight is 819 g/mol. The second-order valence-electron chi connectivity index (χ2n) is 17.8. The molecule has 0 bridgehead atoms. The van der Waals surface area contributed by atoms with Gasteiger partial charge in [-0.15, -0.1) is 0 Å². The van der Waals surface area contributed by atoms with Gasteiger partial charge in [-0.3, -0.25) is 9.59 Å². The fourth-order valence-corrected chi connectivity index (χ4v) is 7.86. The maximum Gasteiger partial charge on any atom is 0.306 e. The van der Waals surface area contributed by atoms with E-state index in [1.807, 2.05) is 0 Å². The van der Waals surface area contributed by atoms with E-state index >= 15 is 0 Å². The zero-order valence-corrected chi connectivity index (χ0v) is 39.6. The quantitative estimate of drug-likeness (QED) is 0.0348. The molecule has 0 aliphatic carbocycles. The van der Waals surface area contributed by atoms with Gasteiger partial charge in [0.1, 0.15) is 6.61 Å². The Morgan fingerprint density at radius 1 is 0.362 bits per heavy atom. The molecule has 0 saturated heterocycles. The summed E-state index contributed by atoms with van der Waals surface area (Å²) in [5.41, 5.74) is 0. The molecule has 0 N–H and O–H groups in total. The van der Waals surface area contributed by atoms with E-state index in [1.54, 1.807) is 0 Å². The minimum Gasteiger partial charge on any atom is -0.462 e. The molecule has 0 aromatic heterocycles. The summed E-state index contributed by atoms with van der Waals surface area (Å²) in [6.45, 7) is 7.87. The first-order valence-electron chi connectivity index (χ1n) is 26.2. The molecule has 5 heteroatoms. The van der Waals surface area contributed by atoms with E-state index in [1.165, 1.54) is 212 Å². The maximum atomic E-state index is 12.8. The number of rotatable bonds is 49. The van der Waals surface area contributed by atoms with Crippen LogP contribution >= 0.6 is 0 Å². The van der Waals surface area contributed by atoms with Gasteiger partial charge in [-0.1, -0.05) is 245 Å². The molecular weight excluding hydrogens is 717 g/mol. The minimum absolute atomic E-state index is 0.0902. The fraction of sp³-hybridized carbons (Fsp3) is 0.925. The highest BCUT2D eigenvalue weighted by Gasteiger charge is 2.17. The van der Waals surface area contributed by atoms with Crippen molar-refractivity contribution in [2.24, 2.45) is 0 Å². The summed E-state index contributed by atoms with van der Waals surface area (Å²) in [6.07, 6.45) is 56.4. The van der Waals surface area contributed by atoms with E-state index in [4.69, 9.17) is 14.2 Å². The third kappa shape index (κ3) is 47.3. The van der Waals surface area contributed by atoms with Gasteiger partial charge in [-0.05, 0) is 44.9 Å². The van der Waals surface area contributed by atoms with Crippen molar-refractivity contribution in [3.63, 3.8) is 0 Å². The lowest BCUT2D eigenvalue weighted by Crippen LogP contribution is -2.30. The van der Waals surface area contributed by atoms with E-state index in [-0.39, 0.29) is 18.5 Å². The van der Waals surface area contributed by atoms with Crippen LogP contribution in [0.4, 0.5) is 0 Å². The molecule has 0 rings (SSSR count). The minimum atomic E-state index is -0.529. The molecule has 0 heterocycles. The Bertz CT molecular complexity index is 840. The van der Waals surface area contributed by atoms with Crippen molar-refractivity contribution in [3.8, 4) is 0 Å². The Balaban J connectivity index is 4.20. The van der Waals surface area contributed by atoms with Gasteiger partial charge in [-0.25, -0.2) is 0 Å². The third-order valence-corrected chi connectivity index (χ3v) is 11.8. The van der Waals surface area contributed by atoms with Crippen molar-refractivity contribution in [1.82, 2.24) is 0 Å². The number of ether oxygens (including phenoxy) is 3. The molecule has 0 aliphatic heterocycles. The van der Waals surface area contributed by atoms with E-state index in [2.05, 4.69) is 32.9 Å². The summed E-state index contributed by atoms with van der Waals surface area (Å²) < 4.78 is 17.4. The Kier molecular flexibility index (Phi) is 48.8. The van der Waals surface area contributed by atoms with E-state index in [0.29, 0.717) is 26.1 Å². The number of hydrogen-bond donors (Lipinski definition) is 0. The molecular formula is C53H102O5. The van der Waals surface area contributed by atoms with Gasteiger partial charge in [0.2, 0.25) is 0 Å². The lowest BCUT2D eigenvalue weighted by molar-refractivity contribution is -0.163. The largest absolute Gasteiger partial charge is 0.462 e. The summed E-state index contributed by atoms with van der Waals surface area (Å²) in [5.74, 6) is -0.386. The maximum absolute atomic E-state index is 12.8. The van der Waals surface area contributed by atoms with Crippen LogP contribution < -0.4 is 0 Å². The van der Waals surface area contributed by atoms with Crippen LogP contribution in [0.1, 0.15) is 290 Å². The van der Waals surface area contributed by atoms with Crippen molar-refractivity contribution in [2.45, 2.75) is 297 Å². The molecule has 0 spiro atoms. The predicted molar refractivity (Wildman–Crippen MR) is 252 cm³/mol. The lowest BCUT2D eigenvalue weighted by Gasteiger charge is -2.18. The van der Waals surface area contributed by atoms with Crippen molar-refractivity contribution in [2.75, 3.05) is 19.8 Å². The Morgan fingerprint density at radius 3 is 1.07 bits per heavy atom. The monoisotopic (exact) mass is 819 g/mol. The van der Waals surface area contributed by atoms with Gasteiger partial charge in [0.05, 0.1) is 6.61 Å². The molecule has 0 saturated carbocycles. The van der Waals surface area contributed by atoms with Crippen LogP contribution in [0.5, 0.6) is 0 Å². The SMILES string of the molecule is CCCCCC/C=C\CCCCCCCC(=O)OCC(COCCCCCCCCCCCCCCCCCC)OC(=O)CCCCCCCCCCCCCCC. The number of carbonyl (C=O) groups is 2. The van der Waals surface area contributed by atoms with Crippen molar-refractivity contribution in [3.05, 3.63) is 12.2 Å². The number of unbranched alkanes of at least 4 members (excludes halogenated alkanes) is 36. The molecule has 0 fully saturated rings. The Morgan fingerprint density at radius 2 is 0.672 bits per heavy atom. The zero-order chi connectivity index (χ0) is 42.1. The molecule has 0 aromatic carbocycles. The van der Waals surface area contributed by atoms with Crippen molar-refractivity contribution in [1.29, 1.82) is 0 Å². The molecule has 344 valence electrons. The molecule has 58 heavy (non-hydrogen) atoms. The first-order valence-corrected chi connectivity index (χ1v) is 26.2. The Hall–Kier alpha value is -1.36. The van der Waals surface area contributed by atoms with Crippen LogP contribution in [-0.2, 0) is 23.8 Å². The van der Waals surface area contributed by atoms with Crippen LogP contribution in [0, 0.1) is 0 Å². The predicted octanol–water partition coefficient (Wildman–Crippen LogP) is 17.5. The number of hydrogen-bond acceptors (Lipinski definition) is 5. The highest BCUT2D eigenvalue weighted by atomic mass is 16.6. The smallest absolute Gasteiger partial charge is 0.306 e. The molecule has 0 aromatic rings. The van der Waals surface area contributed by atoms with Gasteiger partial charge in [0.25, 0.3) is 0 Å². The molecule has 0 aliphatic rings. The first kappa shape index (κ1) is 56.6. The summed E-state index contributed by atoms with van der Waals surface area (Å²) in [4.78, 5) is 25.4. The van der Waals surface area contributed by atoms with E-state index in [0.717, 1.165) is 44.9 Å². The lowest BCUT2D eigenvalue weighted by atomic mass is 10.0. The normalized spacial score (nSPS) is 12.1. The number of allylic oxidation sites excluding steroid dienone is 2.